The minimum Gasteiger partial charge on any atom is -0.371 e. The van der Waals surface area contributed by atoms with Crippen molar-refractivity contribution >= 4 is 0 Å². The molecule has 0 aromatic heterocycles. The third-order valence-corrected chi connectivity index (χ3v) is 2.82. The molecular weight excluding hydrogens is 193 g/mol. The second-order valence-corrected chi connectivity index (χ2v) is 4.02. The number of rotatable bonds is 1. The van der Waals surface area contributed by atoms with Crippen molar-refractivity contribution in [1.82, 2.24) is 5.32 Å². The highest BCUT2D eigenvalue weighted by Gasteiger charge is 2.18. The van der Waals surface area contributed by atoms with Crippen LogP contribution in [0.15, 0.2) is 12.1 Å². The molecule has 1 fully saturated rings. The van der Waals surface area contributed by atoms with Crippen LogP contribution in [-0.2, 0) is 4.74 Å². The van der Waals surface area contributed by atoms with E-state index in [1.54, 1.807) is 13.0 Å². The molecule has 15 heavy (non-hydrogen) atoms. The van der Waals surface area contributed by atoms with E-state index in [2.05, 4.69) is 5.32 Å². The number of hydrogen-bond donors (Lipinski definition) is 1. The van der Waals surface area contributed by atoms with Crippen LogP contribution < -0.4 is 5.32 Å². The molecule has 1 aliphatic rings. The first-order valence-electron chi connectivity index (χ1n) is 5.27. The number of nitrogens with one attached hydrogen (secondary N) is 1. The van der Waals surface area contributed by atoms with Crippen LogP contribution in [0.1, 0.15) is 22.8 Å². The monoisotopic (exact) mass is 209 g/mol. The maximum atomic E-state index is 13.3. The van der Waals surface area contributed by atoms with Gasteiger partial charge in [0.2, 0.25) is 0 Å². The van der Waals surface area contributed by atoms with E-state index in [0.29, 0.717) is 5.56 Å². The molecular formula is C12H16FNO. The van der Waals surface area contributed by atoms with Crippen molar-refractivity contribution in [3.63, 3.8) is 0 Å². The van der Waals surface area contributed by atoms with Gasteiger partial charge >= 0.3 is 0 Å². The molecule has 3 heteroatoms. The molecule has 2 rings (SSSR count). The van der Waals surface area contributed by atoms with Gasteiger partial charge in [0.15, 0.2) is 0 Å². The van der Waals surface area contributed by atoms with Crippen molar-refractivity contribution in [3.8, 4) is 0 Å². The van der Waals surface area contributed by atoms with Crippen LogP contribution in [0.5, 0.6) is 0 Å². The van der Waals surface area contributed by atoms with E-state index in [1.165, 1.54) is 0 Å². The highest BCUT2D eigenvalue weighted by Crippen LogP contribution is 2.24. The summed E-state index contributed by atoms with van der Waals surface area (Å²) in [6.45, 7) is 6.15. The summed E-state index contributed by atoms with van der Waals surface area (Å²) in [6.07, 6.45) is 0.0676. The van der Waals surface area contributed by atoms with Crippen LogP contribution in [0.25, 0.3) is 0 Å². The highest BCUT2D eigenvalue weighted by molar-refractivity contribution is 5.33. The molecule has 0 bridgehead atoms. The Morgan fingerprint density at radius 2 is 2.13 bits per heavy atom. The first-order chi connectivity index (χ1) is 7.18. The van der Waals surface area contributed by atoms with E-state index < -0.39 is 0 Å². The molecule has 0 amide bonds. The van der Waals surface area contributed by atoms with Crippen molar-refractivity contribution in [3.05, 3.63) is 34.6 Å². The number of halogens is 1. The molecule has 1 aromatic carbocycles. The lowest BCUT2D eigenvalue weighted by Crippen LogP contribution is -2.33. The van der Waals surface area contributed by atoms with Crippen molar-refractivity contribution in [2.75, 3.05) is 19.7 Å². The average molecular weight is 209 g/mol. The van der Waals surface area contributed by atoms with Gasteiger partial charge in [-0.05, 0) is 36.6 Å². The molecule has 0 spiro atoms. The Bertz CT molecular complexity index is 359. The molecule has 1 aliphatic heterocycles. The zero-order valence-electron chi connectivity index (χ0n) is 9.14. The summed E-state index contributed by atoms with van der Waals surface area (Å²) in [6, 6.07) is 3.48. The zero-order valence-corrected chi connectivity index (χ0v) is 9.14. The van der Waals surface area contributed by atoms with E-state index in [4.69, 9.17) is 4.74 Å². The number of aryl methyl sites for hydroxylation is 2. The minimum atomic E-state index is -0.139. The van der Waals surface area contributed by atoms with Crippen LogP contribution in [0.4, 0.5) is 4.39 Å². The number of hydrogen-bond acceptors (Lipinski definition) is 2. The fraction of sp³-hybridized carbons (Fsp3) is 0.500. The van der Waals surface area contributed by atoms with Gasteiger partial charge in [-0.25, -0.2) is 4.39 Å². The summed E-state index contributed by atoms with van der Waals surface area (Å²) in [4.78, 5) is 0. The highest BCUT2D eigenvalue weighted by atomic mass is 19.1. The Kier molecular flexibility index (Phi) is 3.03. The summed E-state index contributed by atoms with van der Waals surface area (Å²) in [5, 5.41) is 3.28. The molecule has 1 atom stereocenters. The Hall–Kier alpha value is -0.930. The van der Waals surface area contributed by atoms with E-state index in [0.717, 1.165) is 30.8 Å². The van der Waals surface area contributed by atoms with Gasteiger partial charge in [-0.3, -0.25) is 0 Å². The molecule has 1 aromatic rings. The molecule has 0 aliphatic carbocycles. The van der Waals surface area contributed by atoms with Gasteiger partial charge in [0.25, 0.3) is 0 Å². The number of morpholine rings is 1. The molecule has 1 unspecified atom stereocenters. The third kappa shape index (κ3) is 2.19. The van der Waals surface area contributed by atoms with Crippen molar-refractivity contribution in [2.24, 2.45) is 0 Å². The largest absolute Gasteiger partial charge is 0.371 e. The quantitative estimate of drug-likeness (QED) is 0.764. The van der Waals surface area contributed by atoms with E-state index >= 15 is 0 Å². The smallest absolute Gasteiger partial charge is 0.126 e. The van der Waals surface area contributed by atoms with Crippen LogP contribution in [0.3, 0.4) is 0 Å². The Labute approximate surface area is 89.4 Å². The minimum absolute atomic E-state index is 0.0676. The summed E-state index contributed by atoms with van der Waals surface area (Å²) in [5.74, 6) is -0.139. The lowest BCUT2D eigenvalue weighted by molar-refractivity contribution is 0.0272. The predicted molar refractivity (Wildman–Crippen MR) is 57.4 cm³/mol. The van der Waals surface area contributed by atoms with Crippen molar-refractivity contribution in [2.45, 2.75) is 20.0 Å². The van der Waals surface area contributed by atoms with Gasteiger partial charge < -0.3 is 10.1 Å². The Balaban J connectivity index is 2.30. The first-order valence-corrected chi connectivity index (χ1v) is 5.27. The predicted octanol–water partition coefficient (Wildman–Crippen LogP) is 2.10. The van der Waals surface area contributed by atoms with Gasteiger partial charge in [-0.2, -0.15) is 0 Å². The van der Waals surface area contributed by atoms with E-state index in [1.807, 2.05) is 13.0 Å². The van der Waals surface area contributed by atoms with Crippen LogP contribution >= 0.6 is 0 Å². The number of ether oxygens (including phenoxy) is 1. The molecule has 2 nitrogen and oxygen atoms in total. The molecule has 0 saturated carbocycles. The Morgan fingerprint density at radius 1 is 1.33 bits per heavy atom. The summed E-state index contributed by atoms with van der Waals surface area (Å²) < 4.78 is 18.9. The van der Waals surface area contributed by atoms with Crippen LogP contribution in [0.2, 0.25) is 0 Å². The maximum Gasteiger partial charge on any atom is 0.126 e. The molecule has 1 N–H and O–H groups in total. The van der Waals surface area contributed by atoms with E-state index in [9.17, 15) is 4.39 Å². The van der Waals surface area contributed by atoms with Gasteiger partial charge in [0.1, 0.15) is 5.82 Å². The van der Waals surface area contributed by atoms with E-state index in [-0.39, 0.29) is 11.9 Å². The second kappa shape index (κ2) is 4.29. The fourth-order valence-electron chi connectivity index (χ4n) is 1.92. The van der Waals surface area contributed by atoms with Crippen LogP contribution in [0, 0.1) is 19.7 Å². The van der Waals surface area contributed by atoms with Gasteiger partial charge in [-0.15, -0.1) is 0 Å². The second-order valence-electron chi connectivity index (χ2n) is 4.02. The number of benzene rings is 1. The standard InChI is InChI=1S/C12H16FNO/c1-8-6-11(13)9(2)5-10(8)12-7-14-3-4-15-12/h5-6,12,14H,3-4,7H2,1-2H3. The summed E-state index contributed by atoms with van der Waals surface area (Å²) in [5.41, 5.74) is 2.75. The molecule has 0 radical (unpaired) electrons. The average Bonchev–Trinajstić information content (AvgIpc) is 2.25. The molecule has 82 valence electrons. The fourth-order valence-corrected chi connectivity index (χ4v) is 1.92. The zero-order chi connectivity index (χ0) is 10.8. The van der Waals surface area contributed by atoms with Gasteiger partial charge in [0, 0.05) is 13.1 Å². The summed E-state index contributed by atoms with van der Waals surface area (Å²) >= 11 is 0. The third-order valence-electron chi connectivity index (χ3n) is 2.82. The Morgan fingerprint density at radius 3 is 2.80 bits per heavy atom. The maximum absolute atomic E-state index is 13.3. The molecule has 1 heterocycles. The molecule has 1 saturated heterocycles. The van der Waals surface area contributed by atoms with Crippen molar-refractivity contribution < 1.29 is 9.13 Å². The van der Waals surface area contributed by atoms with Crippen LogP contribution in [-0.4, -0.2) is 19.7 Å². The lowest BCUT2D eigenvalue weighted by Gasteiger charge is -2.25. The SMILES string of the molecule is Cc1cc(C2CNCCO2)c(C)cc1F. The van der Waals surface area contributed by atoms with Gasteiger partial charge in [-0.1, -0.05) is 6.07 Å². The summed E-state index contributed by atoms with van der Waals surface area (Å²) in [7, 11) is 0. The normalized spacial score (nSPS) is 21.7. The lowest BCUT2D eigenvalue weighted by atomic mass is 9.99. The van der Waals surface area contributed by atoms with Gasteiger partial charge in [0.05, 0.1) is 12.7 Å². The topological polar surface area (TPSA) is 21.3 Å². The van der Waals surface area contributed by atoms with Crippen molar-refractivity contribution in [1.29, 1.82) is 0 Å². The first kappa shape index (κ1) is 10.6.